The lowest BCUT2D eigenvalue weighted by atomic mass is 9.95. The summed E-state index contributed by atoms with van der Waals surface area (Å²) in [6.07, 6.45) is 0. The second-order valence-corrected chi connectivity index (χ2v) is 14.2. The van der Waals surface area contributed by atoms with Crippen molar-refractivity contribution in [2.45, 2.75) is 72.1 Å². The number of carboxylic acid groups (broad SMARTS) is 2. The van der Waals surface area contributed by atoms with Crippen LogP contribution in [0.1, 0.15) is 48.4 Å². The zero-order chi connectivity index (χ0) is 27.9. The van der Waals surface area contributed by atoms with Crippen molar-refractivity contribution in [2.24, 2.45) is 0 Å². The SMILES string of the molecule is CC1(C)S[C@@H]2[C@H](NC(=O)c3ccc(C(=O)N[C@@H]4C(=O)N5[C@@H]4SC(C)(C)[C@@H]5C(=O)O)cc3)C(=O)N2[C@H]1C(=O)O. The van der Waals surface area contributed by atoms with E-state index in [2.05, 4.69) is 10.6 Å². The molecule has 4 saturated heterocycles. The molecule has 4 fully saturated rings. The fourth-order valence-corrected chi connectivity index (χ4v) is 8.76. The Morgan fingerprint density at radius 2 is 1.03 bits per heavy atom. The first-order valence-electron chi connectivity index (χ1n) is 11.8. The number of thioether (sulfide) groups is 2. The van der Waals surface area contributed by atoms with E-state index in [-0.39, 0.29) is 11.1 Å². The van der Waals surface area contributed by atoms with Crippen LogP contribution in [0.2, 0.25) is 0 Å². The predicted molar refractivity (Wildman–Crippen MR) is 136 cm³/mol. The number of aliphatic carboxylic acids is 2. The average molecular weight is 563 g/mol. The number of benzene rings is 1. The van der Waals surface area contributed by atoms with E-state index in [0.29, 0.717) is 0 Å². The summed E-state index contributed by atoms with van der Waals surface area (Å²) in [7, 11) is 0. The lowest BCUT2D eigenvalue weighted by Crippen LogP contribution is -2.70. The van der Waals surface area contributed by atoms with Gasteiger partial charge in [0.05, 0.1) is 0 Å². The summed E-state index contributed by atoms with van der Waals surface area (Å²) in [6.45, 7) is 6.98. The molecule has 0 aliphatic carbocycles. The Balaban J connectivity index is 1.20. The Bertz CT molecular complexity index is 1190. The first-order valence-corrected chi connectivity index (χ1v) is 13.6. The van der Waals surface area contributed by atoms with Crippen molar-refractivity contribution in [1.82, 2.24) is 20.4 Å². The monoisotopic (exact) mass is 562 g/mol. The van der Waals surface area contributed by atoms with Crippen molar-refractivity contribution >= 4 is 59.1 Å². The van der Waals surface area contributed by atoms with Crippen molar-refractivity contribution in [1.29, 1.82) is 0 Å². The molecule has 1 aromatic carbocycles. The van der Waals surface area contributed by atoms with E-state index in [4.69, 9.17) is 0 Å². The number of nitrogens with zero attached hydrogens (tertiary/aromatic N) is 2. The van der Waals surface area contributed by atoms with Crippen LogP contribution in [0.4, 0.5) is 0 Å². The van der Waals surface area contributed by atoms with Gasteiger partial charge in [0.1, 0.15) is 34.9 Å². The van der Waals surface area contributed by atoms with Crippen molar-refractivity contribution in [3.05, 3.63) is 35.4 Å². The standard InChI is InChI=1S/C24H26N4O8S2/c1-23(2)13(21(33)34)27-17(31)11(19(27)37-23)25-15(29)9-5-7-10(8-6-9)16(30)26-12-18(32)28-14(22(35)36)24(3,4)38-20(12)28/h5-8,11-14,19-20H,1-4H3,(H,25,29)(H,26,30)(H,33,34)(H,35,36)/t11-,12-,13+,14+,19-,20-/m1/s1. The van der Waals surface area contributed by atoms with Crippen molar-refractivity contribution < 1.29 is 39.0 Å². The second kappa shape index (κ2) is 8.63. The molecule has 14 heteroatoms. The zero-order valence-corrected chi connectivity index (χ0v) is 22.5. The van der Waals surface area contributed by atoms with Gasteiger partial charge in [0, 0.05) is 20.6 Å². The van der Waals surface area contributed by atoms with Gasteiger partial charge in [-0.15, -0.1) is 23.5 Å². The summed E-state index contributed by atoms with van der Waals surface area (Å²) in [5.41, 5.74) is 0.404. The predicted octanol–water partition coefficient (Wildman–Crippen LogP) is 0.177. The van der Waals surface area contributed by atoms with Gasteiger partial charge in [-0.3, -0.25) is 19.2 Å². The van der Waals surface area contributed by atoms with E-state index >= 15 is 0 Å². The van der Waals surface area contributed by atoms with Crippen LogP contribution in [0.15, 0.2) is 24.3 Å². The van der Waals surface area contributed by atoms with Crippen molar-refractivity contribution in [2.75, 3.05) is 0 Å². The zero-order valence-electron chi connectivity index (χ0n) is 20.8. The van der Waals surface area contributed by atoms with Crippen LogP contribution in [0, 0.1) is 0 Å². The summed E-state index contributed by atoms with van der Waals surface area (Å²) in [5.74, 6) is -4.18. The van der Waals surface area contributed by atoms with Gasteiger partial charge >= 0.3 is 11.9 Å². The molecule has 4 aliphatic heterocycles. The van der Waals surface area contributed by atoms with Crippen molar-refractivity contribution in [3.63, 3.8) is 0 Å². The van der Waals surface area contributed by atoms with E-state index in [1.54, 1.807) is 27.7 Å². The third-order valence-electron chi connectivity index (χ3n) is 7.33. The second-order valence-electron chi connectivity index (χ2n) is 10.7. The molecule has 0 bridgehead atoms. The van der Waals surface area contributed by atoms with Crippen LogP contribution in [0.3, 0.4) is 0 Å². The Morgan fingerprint density at radius 1 is 0.711 bits per heavy atom. The van der Waals surface area contributed by atoms with Gasteiger partial charge in [0.25, 0.3) is 11.8 Å². The maximum atomic E-state index is 12.8. The van der Waals surface area contributed by atoms with Crippen LogP contribution in [0.25, 0.3) is 0 Å². The molecule has 38 heavy (non-hydrogen) atoms. The van der Waals surface area contributed by atoms with Gasteiger partial charge < -0.3 is 30.6 Å². The first-order chi connectivity index (χ1) is 17.7. The van der Waals surface area contributed by atoms with E-state index in [9.17, 15) is 39.0 Å². The smallest absolute Gasteiger partial charge is 0.327 e. The highest BCUT2D eigenvalue weighted by Crippen LogP contribution is 2.51. The molecule has 1 aromatic rings. The lowest BCUT2D eigenvalue weighted by molar-refractivity contribution is -0.159. The summed E-state index contributed by atoms with van der Waals surface area (Å²) in [5, 5.41) is 23.4. The minimum Gasteiger partial charge on any atom is -0.480 e. The molecular weight excluding hydrogens is 536 g/mol. The van der Waals surface area contributed by atoms with E-state index in [1.807, 2.05) is 0 Å². The number of nitrogens with one attached hydrogen (secondary N) is 2. The van der Waals surface area contributed by atoms with Gasteiger partial charge in [-0.25, -0.2) is 9.59 Å². The third-order valence-corrected chi connectivity index (χ3v) is 10.5. The van der Waals surface area contributed by atoms with Gasteiger partial charge in [0.15, 0.2) is 0 Å². The summed E-state index contributed by atoms with van der Waals surface area (Å²) in [6, 6.07) is 2.01. The van der Waals surface area contributed by atoms with Gasteiger partial charge in [-0.1, -0.05) is 0 Å². The molecule has 5 rings (SSSR count). The van der Waals surface area contributed by atoms with Gasteiger partial charge in [-0.05, 0) is 52.0 Å². The molecule has 0 radical (unpaired) electrons. The molecule has 6 atom stereocenters. The molecule has 0 spiro atoms. The maximum absolute atomic E-state index is 12.8. The van der Waals surface area contributed by atoms with E-state index < -0.39 is 80.0 Å². The largest absolute Gasteiger partial charge is 0.480 e. The summed E-state index contributed by atoms with van der Waals surface area (Å²) >= 11 is 2.64. The third kappa shape index (κ3) is 3.83. The highest BCUT2D eigenvalue weighted by atomic mass is 32.2. The Kier molecular flexibility index (Phi) is 5.98. The number of hydrogen-bond acceptors (Lipinski definition) is 8. The molecular formula is C24H26N4O8S2. The number of amides is 4. The fourth-order valence-electron chi connectivity index (χ4n) is 5.51. The Labute approximate surface area is 225 Å². The number of carbonyl (C=O) groups is 6. The number of carboxylic acids is 2. The van der Waals surface area contributed by atoms with Crippen LogP contribution in [0.5, 0.6) is 0 Å². The number of hydrogen-bond donors (Lipinski definition) is 4. The van der Waals surface area contributed by atoms with Gasteiger partial charge in [-0.2, -0.15) is 0 Å². The number of fused-ring (bicyclic) bond motifs is 2. The first kappa shape index (κ1) is 26.4. The lowest BCUT2D eigenvalue weighted by Gasteiger charge is -2.43. The Morgan fingerprint density at radius 3 is 1.32 bits per heavy atom. The fraction of sp³-hybridized carbons (Fsp3) is 0.500. The summed E-state index contributed by atoms with van der Waals surface area (Å²) in [4.78, 5) is 76.7. The molecule has 4 heterocycles. The molecule has 0 saturated carbocycles. The van der Waals surface area contributed by atoms with Crippen LogP contribution in [-0.4, -0.2) is 100.0 Å². The minimum atomic E-state index is -1.09. The number of β-lactam (4-membered cyclic amide) rings is 2. The van der Waals surface area contributed by atoms with Gasteiger partial charge in [0.2, 0.25) is 11.8 Å². The molecule has 4 amide bonds. The number of carbonyl (C=O) groups excluding carboxylic acids is 4. The number of rotatable bonds is 6. The average Bonchev–Trinajstić information content (AvgIpc) is 3.25. The minimum absolute atomic E-state index is 0.202. The van der Waals surface area contributed by atoms with E-state index in [0.717, 1.165) is 0 Å². The molecule has 0 aromatic heterocycles. The van der Waals surface area contributed by atoms with Crippen LogP contribution < -0.4 is 10.6 Å². The quantitative estimate of drug-likeness (QED) is 0.350. The maximum Gasteiger partial charge on any atom is 0.327 e. The van der Waals surface area contributed by atoms with Crippen LogP contribution >= 0.6 is 23.5 Å². The molecule has 4 N–H and O–H groups in total. The Hall–Kier alpha value is -3.26. The van der Waals surface area contributed by atoms with Crippen LogP contribution in [-0.2, 0) is 19.2 Å². The molecule has 12 nitrogen and oxygen atoms in total. The highest BCUT2D eigenvalue weighted by Gasteiger charge is 2.65. The highest BCUT2D eigenvalue weighted by molar-refractivity contribution is 8.02. The summed E-state index contributed by atoms with van der Waals surface area (Å²) < 4.78 is -1.42. The topological polar surface area (TPSA) is 173 Å². The van der Waals surface area contributed by atoms with Crippen molar-refractivity contribution in [3.8, 4) is 0 Å². The molecule has 202 valence electrons. The van der Waals surface area contributed by atoms with E-state index in [1.165, 1.54) is 57.6 Å². The normalized spacial score (nSPS) is 32.0. The molecule has 0 unspecified atom stereocenters. The molecule has 4 aliphatic rings.